The standard InChI is InChI=1S/C26H21N2O.C15H28O2.Ir/c1-26(2,3)22-14-19(13-18-11-7-8-12-20(18)22)24-21-15-23(17-9-5-4-6-10-17)29-25(21)28-16-27-24;1-7-14(5,8-2)12(16)11-13(17)15(6,9-3)10-4;/h4-12,14-16H,1-3H3;11,16H,7-10H2,1-6H3;/q-1;;/b;12-11-;. The van der Waals surface area contributed by atoms with Crippen LogP contribution in [0.3, 0.4) is 0 Å². The van der Waals surface area contributed by atoms with Crippen LogP contribution in [-0.2, 0) is 30.3 Å². The van der Waals surface area contributed by atoms with Crippen molar-refractivity contribution >= 4 is 27.7 Å². The van der Waals surface area contributed by atoms with Crippen molar-refractivity contribution in [2.45, 2.75) is 93.4 Å². The minimum absolute atomic E-state index is 0. The van der Waals surface area contributed by atoms with Gasteiger partial charge in [0.1, 0.15) is 17.8 Å². The third-order valence-corrected chi connectivity index (χ3v) is 9.83. The molecule has 0 atom stereocenters. The number of aromatic nitrogens is 2. The summed E-state index contributed by atoms with van der Waals surface area (Å²) in [6.07, 6.45) is 6.32. The molecule has 0 bridgehead atoms. The number of rotatable bonds is 9. The van der Waals surface area contributed by atoms with Crippen LogP contribution in [0.2, 0.25) is 0 Å². The van der Waals surface area contributed by atoms with E-state index in [0.717, 1.165) is 59.0 Å². The van der Waals surface area contributed by atoms with E-state index in [1.54, 1.807) is 6.33 Å². The number of aliphatic hydroxyl groups is 1. The Hall–Kier alpha value is -3.60. The summed E-state index contributed by atoms with van der Waals surface area (Å²) in [7, 11) is 0. The minimum Gasteiger partial charge on any atom is -0.512 e. The topological polar surface area (TPSA) is 76.2 Å². The Morgan fingerprint density at radius 1 is 0.809 bits per heavy atom. The van der Waals surface area contributed by atoms with E-state index in [-0.39, 0.29) is 47.9 Å². The number of fused-ring (bicyclic) bond motifs is 2. The number of furan rings is 1. The zero-order valence-corrected chi connectivity index (χ0v) is 31.7. The van der Waals surface area contributed by atoms with Gasteiger partial charge in [0.25, 0.3) is 0 Å². The summed E-state index contributed by atoms with van der Waals surface area (Å²) in [5, 5.41) is 13.4. The van der Waals surface area contributed by atoms with E-state index >= 15 is 0 Å². The molecule has 47 heavy (non-hydrogen) atoms. The summed E-state index contributed by atoms with van der Waals surface area (Å²) < 4.78 is 6.04. The molecule has 0 fully saturated rings. The molecular weight excluding hydrogens is 761 g/mol. The summed E-state index contributed by atoms with van der Waals surface area (Å²) in [6, 6.07) is 26.3. The molecule has 3 aromatic carbocycles. The van der Waals surface area contributed by atoms with Gasteiger partial charge in [0.05, 0.1) is 0 Å². The van der Waals surface area contributed by atoms with E-state index in [0.29, 0.717) is 5.71 Å². The van der Waals surface area contributed by atoms with E-state index in [4.69, 9.17) is 4.42 Å². The van der Waals surface area contributed by atoms with Gasteiger partial charge in [-0.2, -0.15) is 0 Å². The van der Waals surface area contributed by atoms with Gasteiger partial charge in [-0.3, -0.25) is 9.78 Å². The van der Waals surface area contributed by atoms with E-state index in [9.17, 15) is 9.90 Å². The molecule has 0 saturated carbocycles. The molecule has 0 aliphatic heterocycles. The number of ketones is 1. The molecule has 2 heterocycles. The fourth-order valence-corrected chi connectivity index (χ4v) is 5.48. The van der Waals surface area contributed by atoms with Crippen LogP contribution >= 0.6 is 0 Å². The van der Waals surface area contributed by atoms with Crippen molar-refractivity contribution in [1.29, 1.82) is 0 Å². The largest absolute Gasteiger partial charge is 0.512 e. The first-order chi connectivity index (χ1) is 21.8. The van der Waals surface area contributed by atoms with Gasteiger partial charge in [0.2, 0.25) is 5.71 Å². The summed E-state index contributed by atoms with van der Waals surface area (Å²) in [4.78, 5) is 21.1. The SMILES string of the molecule is CC(C)(C)c1cc(-c2ncnc3oc(-c4ccccc4)cc23)[c-]c2ccccc12.CCC(C)(CC)C(=O)/C=C(\O)C(C)(CC)CC.[Ir]. The molecule has 2 aromatic heterocycles. The predicted octanol–water partition coefficient (Wildman–Crippen LogP) is 11.5. The maximum Gasteiger partial charge on any atom is 0.222 e. The van der Waals surface area contributed by atoms with Crippen molar-refractivity contribution in [2.24, 2.45) is 10.8 Å². The molecule has 0 aliphatic carbocycles. The van der Waals surface area contributed by atoms with Crippen molar-refractivity contribution < 1.29 is 34.4 Å². The number of allylic oxidation sites excluding steroid dienone is 2. The molecule has 0 amide bonds. The van der Waals surface area contributed by atoms with Crippen LogP contribution in [0.1, 0.15) is 93.6 Å². The molecule has 251 valence electrons. The van der Waals surface area contributed by atoms with E-state index < -0.39 is 0 Å². The van der Waals surface area contributed by atoms with Gasteiger partial charge in [-0.15, -0.1) is 29.1 Å². The molecule has 0 unspecified atom stereocenters. The second kappa shape index (κ2) is 15.5. The third-order valence-electron chi connectivity index (χ3n) is 9.83. The number of carbonyl (C=O) groups is 1. The molecule has 5 nitrogen and oxygen atoms in total. The Balaban J connectivity index is 0.000000290. The minimum atomic E-state index is -0.337. The van der Waals surface area contributed by atoms with Crippen LogP contribution < -0.4 is 0 Å². The molecule has 0 aliphatic rings. The molecule has 1 radical (unpaired) electrons. The monoisotopic (exact) mass is 810 g/mol. The van der Waals surface area contributed by atoms with Gasteiger partial charge >= 0.3 is 0 Å². The number of hydrogen-bond donors (Lipinski definition) is 1. The van der Waals surface area contributed by atoms with E-state index in [1.165, 1.54) is 17.0 Å². The summed E-state index contributed by atoms with van der Waals surface area (Å²) >= 11 is 0. The van der Waals surface area contributed by atoms with Crippen LogP contribution in [0.25, 0.3) is 44.5 Å². The number of benzene rings is 3. The average molecular weight is 810 g/mol. The van der Waals surface area contributed by atoms with Gasteiger partial charge < -0.3 is 9.52 Å². The molecule has 6 heteroatoms. The van der Waals surface area contributed by atoms with Crippen molar-refractivity contribution in [2.75, 3.05) is 0 Å². The van der Waals surface area contributed by atoms with Crippen LogP contribution in [0.5, 0.6) is 0 Å². The second-order valence-electron chi connectivity index (χ2n) is 13.7. The first kappa shape index (κ1) is 37.9. The van der Waals surface area contributed by atoms with E-state index in [1.807, 2.05) is 77.9 Å². The number of aliphatic hydroxyl groups excluding tert-OH is 1. The molecular formula is C41H49IrN2O3-. The molecule has 0 saturated heterocycles. The van der Waals surface area contributed by atoms with E-state index in [2.05, 4.69) is 67.1 Å². The van der Waals surface area contributed by atoms with Crippen molar-refractivity contribution in [3.8, 4) is 22.6 Å². The van der Waals surface area contributed by atoms with Gasteiger partial charge in [-0.05, 0) is 37.2 Å². The fraction of sp³-hybridized carbons (Fsp3) is 0.390. The second-order valence-corrected chi connectivity index (χ2v) is 13.7. The normalized spacial score (nSPS) is 12.4. The molecule has 5 rings (SSSR count). The Labute approximate surface area is 294 Å². The molecule has 1 N–H and O–H groups in total. The number of nitrogens with zero attached hydrogens (tertiary/aromatic N) is 2. The summed E-state index contributed by atoms with van der Waals surface area (Å²) in [6.45, 7) is 18.8. The predicted molar refractivity (Wildman–Crippen MR) is 191 cm³/mol. The fourth-order valence-electron chi connectivity index (χ4n) is 5.48. The van der Waals surface area contributed by atoms with Gasteiger partial charge in [0.15, 0.2) is 5.78 Å². The Kier molecular flexibility index (Phi) is 12.5. The van der Waals surface area contributed by atoms with Crippen LogP contribution in [0, 0.1) is 16.9 Å². The van der Waals surface area contributed by atoms with Crippen molar-refractivity contribution in [3.63, 3.8) is 0 Å². The Morgan fingerprint density at radius 2 is 1.40 bits per heavy atom. The zero-order valence-electron chi connectivity index (χ0n) is 29.3. The number of hydrogen-bond acceptors (Lipinski definition) is 5. The maximum atomic E-state index is 12.2. The Bertz CT molecular complexity index is 1820. The maximum absolute atomic E-state index is 12.2. The smallest absolute Gasteiger partial charge is 0.222 e. The van der Waals surface area contributed by atoms with Crippen LogP contribution in [0.15, 0.2) is 89.3 Å². The zero-order chi connectivity index (χ0) is 33.7. The Morgan fingerprint density at radius 3 is 2.00 bits per heavy atom. The quantitative estimate of drug-likeness (QED) is 0.0912. The van der Waals surface area contributed by atoms with Crippen LogP contribution in [-0.4, -0.2) is 20.9 Å². The first-order valence-corrected chi connectivity index (χ1v) is 16.5. The first-order valence-electron chi connectivity index (χ1n) is 16.5. The summed E-state index contributed by atoms with van der Waals surface area (Å²) in [5.41, 5.74) is 4.09. The molecule has 0 spiro atoms. The average Bonchev–Trinajstić information content (AvgIpc) is 3.52. The number of carbonyl (C=O) groups excluding carboxylic acids is 1. The van der Waals surface area contributed by atoms with Crippen molar-refractivity contribution in [3.05, 3.63) is 96.5 Å². The van der Waals surface area contributed by atoms with Gasteiger partial charge in [0, 0.05) is 53.7 Å². The van der Waals surface area contributed by atoms with Gasteiger partial charge in [-0.25, -0.2) is 4.98 Å². The van der Waals surface area contributed by atoms with Crippen molar-refractivity contribution in [1.82, 2.24) is 9.97 Å². The van der Waals surface area contributed by atoms with Crippen LogP contribution in [0.4, 0.5) is 0 Å². The third kappa shape index (κ3) is 8.28. The summed E-state index contributed by atoms with van der Waals surface area (Å²) in [5.74, 6) is 1.08. The van der Waals surface area contributed by atoms with Gasteiger partial charge in [-0.1, -0.05) is 122 Å². The molecule has 5 aromatic rings.